The van der Waals surface area contributed by atoms with Crippen LogP contribution in [0, 0.1) is 6.92 Å². The molecule has 0 radical (unpaired) electrons. The van der Waals surface area contributed by atoms with Gasteiger partial charge in [-0.3, -0.25) is 4.79 Å². The predicted molar refractivity (Wildman–Crippen MR) is 102 cm³/mol. The Morgan fingerprint density at radius 1 is 1.19 bits per heavy atom. The summed E-state index contributed by atoms with van der Waals surface area (Å²) in [5.41, 5.74) is 10.1. The van der Waals surface area contributed by atoms with Crippen molar-refractivity contribution in [3.8, 4) is 0 Å². The molecule has 1 saturated heterocycles. The van der Waals surface area contributed by atoms with E-state index in [-0.39, 0.29) is 11.3 Å². The van der Waals surface area contributed by atoms with E-state index in [0.29, 0.717) is 25.2 Å². The fourth-order valence-corrected chi connectivity index (χ4v) is 3.96. The molecule has 26 heavy (non-hydrogen) atoms. The van der Waals surface area contributed by atoms with Crippen LogP contribution in [0.2, 0.25) is 0 Å². The Labute approximate surface area is 153 Å². The molecule has 0 saturated carbocycles. The van der Waals surface area contributed by atoms with Crippen LogP contribution in [0.1, 0.15) is 34.3 Å². The lowest BCUT2D eigenvalue weighted by Gasteiger charge is -2.41. The molecule has 0 atom stereocenters. The number of rotatable bonds is 3. The summed E-state index contributed by atoms with van der Waals surface area (Å²) < 4.78 is 1.76. The lowest BCUT2D eigenvalue weighted by atomic mass is 9.73. The molecule has 1 aliphatic heterocycles. The maximum absolute atomic E-state index is 13.1. The number of carbonyl (C=O) groups excluding carboxylic acids is 1. The van der Waals surface area contributed by atoms with Crippen molar-refractivity contribution < 1.29 is 4.79 Å². The standard InChI is InChI=1S/C21H24N4O/c1-16-7-10-25-19(13-16)18(14-23-25)20(26)24-11-8-21(15-22,9-12-24)17-5-3-2-4-6-17/h2-7,10,13-14H,8-9,11-12,15,22H2,1H3. The molecule has 1 aromatic carbocycles. The predicted octanol–water partition coefficient (Wildman–Crippen LogP) is 2.78. The van der Waals surface area contributed by atoms with Crippen molar-refractivity contribution in [1.82, 2.24) is 14.5 Å². The van der Waals surface area contributed by atoms with E-state index in [1.807, 2.05) is 36.2 Å². The third-order valence-corrected chi connectivity index (χ3v) is 5.69. The fraction of sp³-hybridized carbons (Fsp3) is 0.333. The second-order valence-electron chi connectivity index (χ2n) is 7.23. The highest BCUT2D eigenvalue weighted by Gasteiger charge is 2.36. The van der Waals surface area contributed by atoms with Gasteiger partial charge in [0.25, 0.3) is 5.91 Å². The Kier molecular flexibility index (Phi) is 4.24. The lowest BCUT2D eigenvalue weighted by Crippen LogP contribution is -2.48. The first-order chi connectivity index (χ1) is 12.6. The van der Waals surface area contributed by atoms with E-state index in [2.05, 4.69) is 29.4 Å². The number of fused-ring (bicyclic) bond motifs is 1. The zero-order valence-electron chi connectivity index (χ0n) is 15.1. The van der Waals surface area contributed by atoms with E-state index in [4.69, 9.17) is 5.73 Å². The van der Waals surface area contributed by atoms with Gasteiger partial charge in [0.05, 0.1) is 17.3 Å². The quantitative estimate of drug-likeness (QED) is 0.792. The van der Waals surface area contributed by atoms with Gasteiger partial charge in [-0.1, -0.05) is 30.3 Å². The molecule has 1 amide bonds. The summed E-state index contributed by atoms with van der Waals surface area (Å²) in [5, 5.41) is 4.32. The monoisotopic (exact) mass is 348 g/mol. The highest BCUT2D eigenvalue weighted by Crippen LogP contribution is 2.35. The molecule has 1 aliphatic rings. The van der Waals surface area contributed by atoms with Crippen LogP contribution in [0.4, 0.5) is 0 Å². The average Bonchev–Trinajstić information content (AvgIpc) is 3.11. The summed E-state index contributed by atoms with van der Waals surface area (Å²) in [6.07, 6.45) is 5.35. The molecule has 2 N–H and O–H groups in total. The minimum Gasteiger partial charge on any atom is -0.338 e. The normalized spacial score (nSPS) is 16.8. The van der Waals surface area contributed by atoms with Crippen LogP contribution in [-0.2, 0) is 5.41 Å². The molecule has 1 fully saturated rings. The van der Waals surface area contributed by atoms with E-state index in [1.165, 1.54) is 5.56 Å². The van der Waals surface area contributed by atoms with Gasteiger partial charge in [0, 0.05) is 31.2 Å². The van der Waals surface area contributed by atoms with Crippen LogP contribution in [0.5, 0.6) is 0 Å². The molecule has 134 valence electrons. The highest BCUT2D eigenvalue weighted by atomic mass is 16.2. The van der Waals surface area contributed by atoms with E-state index >= 15 is 0 Å². The van der Waals surface area contributed by atoms with Gasteiger partial charge in [0.15, 0.2) is 0 Å². The van der Waals surface area contributed by atoms with Crippen LogP contribution >= 0.6 is 0 Å². The topological polar surface area (TPSA) is 63.6 Å². The van der Waals surface area contributed by atoms with Gasteiger partial charge in [-0.05, 0) is 43.0 Å². The molecule has 4 rings (SSSR count). The van der Waals surface area contributed by atoms with E-state index in [9.17, 15) is 4.79 Å². The van der Waals surface area contributed by atoms with E-state index in [1.54, 1.807) is 10.7 Å². The van der Waals surface area contributed by atoms with Crippen LogP contribution in [0.3, 0.4) is 0 Å². The maximum Gasteiger partial charge on any atom is 0.257 e. The van der Waals surface area contributed by atoms with Crippen molar-refractivity contribution in [1.29, 1.82) is 0 Å². The third-order valence-electron chi connectivity index (χ3n) is 5.69. The lowest BCUT2D eigenvalue weighted by molar-refractivity contribution is 0.0672. The Hall–Kier alpha value is -2.66. The first-order valence-electron chi connectivity index (χ1n) is 9.12. The summed E-state index contributed by atoms with van der Waals surface area (Å²) in [5.74, 6) is 0.0595. The Morgan fingerprint density at radius 3 is 2.62 bits per heavy atom. The summed E-state index contributed by atoms with van der Waals surface area (Å²) in [4.78, 5) is 15.0. The highest BCUT2D eigenvalue weighted by molar-refractivity contribution is 6.00. The molecule has 2 aromatic heterocycles. The summed E-state index contributed by atoms with van der Waals surface area (Å²) in [6, 6.07) is 14.5. The number of nitrogens with zero attached hydrogens (tertiary/aromatic N) is 3. The zero-order chi connectivity index (χ0) is 18.1. The summed E-state index contributed by atoms with van der Waals surface area (Å²) in [7, 11) is 0. The molecular weight excluding hydrogens is 324 g/mol. The maximum atomic E-state index is 13.1. The van der Waals surface area contributed by atoms with Gasteiger partial charge in [-0.2, -0.15) is 5.10 Å². The van der Waals surface area contributed by atoms with Crippen molar-refractivity contribution in [3.05, 3.63) is 71.5 Å². The Balaban J connectivity index is 1.55. The molecule has 0 aliphatic carbocycles. The molecule has 0 bridgehead atoms. The molecule has 3 aromatic rings. The van der Waals surface area contributed by atoms with Crippen LogP contribution in [0.25, 0.3) is 5.52 Å². The first-order valence-corrected chi connectivity index (χ1v) is 9.12. The number of aromatic nitrogens is 2. The Morgan fingerprint density at radius 2 is 1.92 bits per heavy atom. The number of hydrogen-bond acceptors (Lipinski definition) is 3. The van der Waals surface area contributed by atoms with Gasteiger partial charge in [-0.25, -0.2) is 4.52 Å². The van der Waals surface area contributed by atoms with E-state index < -0.39 is 0 Å². The van der Waals surface area contributed by atoms with E-state index in [0.717, 1.165) is 23.9 Å². The second-order valence-corrected chi connectivity index (χ2v) is 7.23. The van der Waals surface area contributed by atoms with Crippen molar-refractivity contribution >= 4 is 11.4 Å². The smallest absolute Gasteiger partial charge is 0.257 e. The fourth-order valence-electron chi connectivity index (χ4n) is 3.96. The van der Waals surface area contributed by atoms with Crippen molar-refractivity contribution in [3.63, 3.8) is 0 Å². The van der Waals surface area contributed by atoms with Crippen molar-refractivity contribution in [2.75, 3.05) is 19.6 Å². The molecule has 0 unspecified atom stereocenters. The zero-order valence-corrected chi connectivity index (χ0v) is 15.1. The van der Waals surface area contributed by atoms with Crippen LogP contribution in [0.15, 0.2) is 54.9 Å². The van der Waals surface area contributed by atoms with Gasteiger partial charge in [0.2, 0.25) is 0 Å². The van der Waals surface area contributed by atoms with Crippen molar-refractivity contribution in [2.45, 2.75) is 25.2 Å². The van der Waals surface area contributed by atoms with Crippen molar-refractivity contribution in [2.24, 2.45) is 5.73 Å². The number of amides is 1. The minimum atomic E-state index is -0.0320. The third kappa shape index (κ3) is 2.78. The number of nitrogens with two attached hydrogens (primary N) is 1. The number of benzene rings is 1. The largest absolute Gasteiger partial charge is 0.338 e. The molecule has 5 heteroatoms. The summed E-state index contributed by atoms with van der Waals surface area (Å²) >= 11 is 0. The van der Waals surface area contributed by atoms with Gasteiger partial charge in [-0.15, -0.1) is 0 Å². The number of aryl methyl sites for hydroxylation is 1. The minimum absolute atomic E-state index is 0.0320. The van der Waals surface area contributed by atoms with Crippen LogP contribution in [-0.4, -0.2) is 40.1 Å². The van der Waals surface area contributed by atoms with Gasteiger partial charge in [0.1, 0.15) is 0 Å². The van der Waals surface area contributed by atoms with Crippen LogP contribution < -0.4 is 5.73 Å². The number of likely N-dealkylation sites (tertiary alicyclic amines) is 1. The first kappa shape index (κ1) is 16.8. The molecular formula is C21H24N4O. The average molecular weight is 348 g/mol. The van der Waals surface area contributed by atoms with Gasteiger partial charge < -0.3 is 10.6 Å². The molecule has 3 heterocycles. The Bertz CT molecular complexity index is 924. The number of carbonyl (C=O) groups is 1. The molecule has 5 nitrogen and oxygen atoms in total. The summed E-state index contributed by atoms with van der Waals surface area (Å²) in [6.45, 7) is 4.06. The second kappa shape index (κ2) is 6.57. The number of pyridine rings is 1. The number of hydrogen-bond donors (Lipinski definition) is 1. The molecule has 0 spiro atoms. The van der Waals surface area contributed by atoms with Gasteiger partial charge >= 0.3 is 0 Å². The number of piperidine rings is 1. The SMILES string of the molecule is Cc1ccn2ncc(C(=O)N3CCC(CN)(c4ccccc4)CC3)c2c1.